The zero-order chi connectivity index (χ0) is 28.8. The number of carbonyl (C=O) groups is 1. The predicted molar refractivity (Wildman–Crippen MR) is 155 cm³/mol. The monoisotopic (exact) mass is 591 g/mol. The predicted octanol–water partition coefficient (Wildman–Crippen LogP) is 6.60. The van der Waals surface area contributed by atoms with Crippen LogP contribution in [0.4, 0.5) is 24.5 Å². The van der Waals surface area contributed by atoms with Gasteiger partial charge in [-0.25, -0.2) is 4.79 Å². The number of halogens is 3. The van der Waals surface area contributed by atoms with E-state index in [9.17, 15) is 18.0 Å². The molecule has 3 aliphatic rings. The van der Waals surface area contributed by atoms with Gasteiger partial charge in [0.25, 0.3) is 0 Å². The molecule has 0 aromatic heterocycles. The van der Waals surface area contributed by atoms with Gasteiger partial charge in [-0.3, -0.25) is 4.90 Å². The molecule has 1 unspecified atom stereocenters. The second-order valence-electron chi connectivity index (χ2n) is 11.1. The third kappa shape index (κ3) is 7.97. The van der Waals surface area contributed by atoms with Crippen molar-refractivity contribution in [1.82, 2.24) is 9.80 Å². The minimum Gasteiger partial charge on any atom is -0.462 e. The van der Waals surface area contributed by atoms with Crippen LogP contribution in [0.1, 0.15) is 51.0 Å². The maximum atomic E-state index is 13.5. The van der Waals surface area contributed by atoms with Gasteiger partial charge in [0.1, 0.15) is 6.61 Å². The molecule has 1 aliphatic carbocycles. The van der Waals surface area contributed by atoms with Crippen molar-refractivity contribution in [3.05, 3.63) is 48.0 Å². The highest BCUT2D eigenvalue weighted by Crippen LogP contribution is 2.49. The lowest BCUT2D eigenvalue weighted by Gasteiger charge is -2.36. The highest BCUT2D eigenvalue weighted by molar-refractivity contribution is 7.99. The molecule has 10 heteroatoms. The molecule has 0 spiro atoms. The Kier molecular flexibility index (Phi) is 10.2. The zero-order valence-corrected chi connectivity index (χ0v) is 24.5. The maximum absolute atomic E-state index is 13.5. The number of nitrogens with zero attached hydrogens (tertiary/aromatic N) is 3. The van der Waals surface area contributed by atoms with Crippen molar-refractivity contribution in [2.24, 2.45) is 0 Å². The number of benzene rings is 2. The van der Waals surface area contributed by atoms with Crippen LogP contribution in [0, 0.1) is 0 Å². The van der Waals surface area contributed by atoms with E-state index in [-0.39, 0.29) is 12.1 Å². The lowest BCUT2D eigenvalue weighted by molar-refractivity contribution is -0.161. The minimum absolute atomic E-state index is 0.176. The van der Waals surface area contributed by atoms with E-state index in [4.69, 9.17) is 9.47 Å². The number of hydrogen-bond donors (Lipinski definition) is 0. The molecular formula is C31H40F3N3O3S. The molecule has 0 N–H and O–H groups in total. The molecule has 224 valence electrons. The van der Waals surface area contributed by atoms with Crippen LogP contribution in [0.5, 0.6) is 0 Å². The first-order valence-corrected chi connectivity index (χ1v) is 15.6. The van der Waals surface area contributed by atoms with Gasteiger partial charge in [0.05, 0.1) is 23.0 Å². The van der Waals surface area contributed by atoms with Crippen molar-refractivity contribution in [2.75, 3.05) is 57.3 Å². The number of carbonyl (C=O) groups excluding carboxylic acids is 1. The Hall–Kier alpha value is -2.27. The molecule has 2 heterocycles. The summed E-state index contributed by atoms with van der Waals surface area (Å²) in [6, 6.07) is 12.0. The van der Waals surface area contributed by atoms with Crippen molar-refractivity contribution in [3.63, 3.8) is 0 Å². The molecule has 0 bridgehead atoms. The Labute approximate surface area is 245 Å². The maximum Gasteiger partial charge on any atom is 0.416 e. The lowest BCUT2D eigenvalue weighted by Crippen LogP contribution is -2.48. The topological polar surface area (TPSA) is 45.3 Å². The molecule has 2 aliphatic heterocycles. The lowest BCUT2D eigenvalue weighted by atomic mass is 9.98. The Balaban J connectivity index is 1.06. The molecule has 1 saturated carbocycles. The molecule has 1 atom stereocenters. The van der Waals surface area contributed by atoms with Crippen LogP contribution in [0.25, 0.3) is 0 Å². The van der Waals surface area contributed by atoms with Crippen LogP contribution in [-0.4, -0.2) is 80.4 Å². The minimum atomic E-state index is -4.37. The van der Waals surface area contributed by atoms with E-state index in [0.717, 1.165) is 67.5 Å². The number of ether oxygens (including phenoxy) is 2. The summed E-state index contributed by atoms with van der Waals surface area (Å²) in [4.78, 5) is 21.0. The fourth-order valence-electron chi connectivity index (χ4n) is 5.87. The number of para-hydroxylation sites is 1. The number of alkyl halides is 3. The van der Waals surface area contributed by atoms with Gasteiger partial charge >= 0.3 is 12.1 Å². The number of esters is 1. The van der Waals surface area contributed by atoms with Crippen LogP contribution in [0.2, 0.25) is 0 Å². The van der Waals surface area contributed by atoms with Gasteiger partial charge in [0.2, 0.25) is 0 Å². The van der Waals surface area contributed by atoms with Crippen molar-refractivity contribution in [2.45, 2.75) is 73.6 Å². The fraction of sp³-hybridized carbons (Fsp3) is 0.581. The molecule has 1 saturated heterocycles. The van der Waals surface area contributed by atoms with Gasteiger partial charge in [-0.1, -0.05) is 43.2 Å². The number of hydrogen-bond acceptors (Lipinski definition) is 7. The summed E-state index contributed by atoms with van der Waals surface area (Å²) in [6.07, 6.45) is 1.76. The van der Waals surface area contributed by atoms with Crippen molar-refractivity contribution >= 4 is 29.1 Å². The molecular weight excluding hydrogens is 551 g/mol. The highest BCUT2D eigenvalue weighted by atomic mass is 32.2. The van der Waals surface area contributed by atoms with Crippen LogP contribution >= 0.6 is 11.8 Å². The van der Waals surface area contributed by atoms with E-state index in [1.54, 1.807) is 13.0 Å². The number of rotatable bonds is 10. The summed E-state index contributed by atoms with van der Waals surface area (Å²) in [7, 11) is 0. The Morgan fingerprint density at radius 1 is 0.927 bits per heavy atom. The molecule has 41 heavy (non-hydrogen) atoms. The summed E-state index contributed by atoms with van der Waals surface area (Å²) in [6.45, 7) is 7.98. The van der Waals surface area contributed by atoms with Gasteiger partial charge in [-0.05, 0) is 63.1 Å². The molecule has 0 amide bonds. The summed E-state index contributed by atoms with van der Waals surface area (Å²) >= 11 is 1.52. The van der Waals surface area contributed by atoms with Crippen LogP contribution in [0.15, 0.2) is 52.3 Å². The quantitative estimate of drug-likeness (QED) is 0.289. The van der Waals surface area contributed by atoms with Crippen molar-refractivity contribution in [3.8, 4) is 0 Å². The first-order chi connectivity index (χ1) is 19.8. The summed E-state index contributed by atoms with van der Waals surface area (Å²) in [5.74, 6) is -0.282. The van der Waals surface area contributed by atoms with Gasteiger partial charge < -0.3 is 19.3 Å². The van der Waals surface area contributed by atoms with Gasteiger partial charge in [-0.2, -0.15) is 13.2 Å². The standard InChI is InChI=1S/C31H40F3N3O3S/c1-23(40-25-8-3-2-4-9-25)30(38)39-21-20-36-18-16-35(17-19-36)14-7-15-37-26-10-5-6-11-28(26)41-29-13-12-24(22-27(29)37)31(32,33)34/h5-6,10-13,22-23,25H,2-4,7-9,14-21H2,1H3. The highest BCUT2D eigenvalue weighted by Gasteiger charge is 2.33. The second-order valence-corrected chi connectivity index (χ2v) is 12.2. The largest absolute Gasteiger partial charge is 0.462 e. The van der Waals surface area contributed by atoms with Crippen molar-refractivity contribution < 1.29 is 27.4 Å². The SMILES string of the molecule is CC(OC1CCCCC1)C(=O)OCCN1CCN(CCCN2c3ccccc3Sc3ccc(C(F)(F)F)cc32)CC1. The van der Waals surface area contributed by atoms with Crippen LogP contribution < -0.4 is 4.90 Å². The summed E-state index contributed by atoms with van der Waals surface area (Å²) in [5, 5.41) is 0. The molecule has 2 fully saturated rings. The van der Waals surface area contributed by atoms with E-state index in [1.165, 1.54) is 43.2 Å². The van der Waals surface area contributed by atoms with E-state index in [2.05, 4.69) is 9.80 Å². The number of fused-ring (bicyclic) bond motifs is 2. The van der Waals surface area contributed by atoms with Gasteiger partial charge in [0.15, 0.2) is 6.10 Å². The first-order valence-electron chi connectivity index (χ1n) is 14.8. The second kappa shape index (κ2) is 13.8. The molecule has 2 aromatic carbocycles. The van der Waals surface area contributed by atoms with Crippen LogP contribution in [0.3, 0.4) is 0 Å². The van der Waals surface area contributed by atoms with E-state index < -0.39 is 17.8 Å². The summed E-state index contributed by atoms with van der Waals surface area (Å²) in [5.41, 5.74) is 0.970. The zero-order valence-electron chi connectivity index (χ0n) is 23.7. The molecule has 6 nitrogen and oxygen atoms in total. The fourth-order valence-corrected chi connectivity index (χ4v) is 6.95. The van der Waals surface area contributed by atoms with Gasteiger partial charge in [-0.15, -0.1) is 0 Å². The Bertz CT molecular complexity index is 1170. The summed E-state index contributed by atoms with van der Waals surface area (Å²) < 4.78 is 51.8. The van der Waals surface area contributed by atoms with E-state index >= 15 is 0 Å². The van der Waals surface area contributed by atoms with Crippen LogP contribution in [-0.2, 0) is 20.4 Å². The van der Waals surface area contributed by atoms with E-state index in [1.807, 2.05) is 29.2 Å². The van der Waals surface area contributed by atoms with Gasteiger partial charge in [0, 0.05) is 49.1 Å². The number of piperazine rings is 1. The molecule has 2 aromatic rings. The van der Waals surface area contributed by atoms with E-state index in [0.29, 0.717) is 25.4 Å². The third-order valence-electron chi connectivity index (χ3n) is 8.21. The Morgan fingerprint density at radius 2 is 1.61 bits per heavy atom. The van der Waals surface area contributed by atoms with Crippen molar-refractivity contribution in [1.29, 1.82) is 0 Å². The normalized spacial score (nSPS) is 19.5. The first kappa shape index (κ1) is 30.2. The molecule has 5 rings (SSSR count). The average Bonchev–Trinajstić information content (AvgIpc) is 2.97. The smallest absolute Gasteiger partial charge is 0.416 e. The average molecular weight is 592 g/mol. The molecule has 0 radical (unpaired) electrons. The Morgan fingerprint density at radius 3 is 2.34 bits per heavy atom. The third-order valence-corrected chi connectivity index (χ3v) is 9.34. The number of anilines is 2.